The van der Waals surface area contributed by atoms with Crippen LogP contribution >= 0.6 is 0 Å². The molecule has 17 heavy (non-hydrogen) atoms. The molecule has 0 saturated heterocycles. The number of ether oxygens (including phenoxy) is 1. The predicted octanol–water partition coefficient (Wildman–Crippen LogP) is 3.01. The van der Waals surface area contributed by atoms with Gasteiger partial charge in [-0.2, -0.15) is 0 Å². The standard InChI is InChI=1S/C14H11FO2/c15-10-5-6-12-13(7-10)11-4-2-1-3-9(11)8-17-14(12)16/h1-7,14,16H,8H2. The van der Waals surface area contributed by atoms with Crippen LogP contribution in [0.5, 0.6) is 0 Å². The highest BCUT2D eigenvalue weighted by atomic mass is 19.1. The summed E-state index contributed by atoms with van der Waals surface area (Å²) < 4.78 is 18.7. The van der Waals surface area contributed by atoms with Crippen LogP contribution in [0.3, 0.4) is 0 Å². The van der Waals surface area contributed by atoms with Crippen LogP contribution in [0.15, 0.2) is 42.5 Å². The van der Waals surface area contributed by atoms with E-state index in [2.05, 4.69) is 0 Å². The highest BCUT2D eigenvalue weighted by molar-refractivity contribution is 5.71. The van der Waals surface area contributed by atoms with Gasteiger partial charge in [0.25, 0.3) is 0 Å². The fraction of sp³-hybridized carbons (Fsp3) is 0.143. The summed E-state index contributed by atoms with van der Waals surface area (Å²) in [6, 6.07) is 12.0. The fourth-order valence-corrected chi connectivity index (χ4v) is 2.14. The minimum absolute atomic E-state index is 0.312. The lowest BCUT2D eigenvalue weighted by molar-refractivity contribution is -0.110. The van der Waals surface area contributed by atoms with Gasteiger partial charge in [-0.1, -0.05) is 30.3 Å². The second-order valence-electron chi connectivity index (χ2n) is 4.05. The Morgan fingerprint density at radius 2 is 1.94 bits per heavy atom. The maximum atomic E-state index is 13.3. The van der Waals surface area contributed by atoms with E-state index in [-0.39, 0.29) is 5.82 Å². The molecule has 1 unspecified atom stereocenters. The number of aliphatic hydroxyl groups excluding tert-OH is 1. The predicted molar refractivity (Wildman–Crippen MR) is 61.6 cm³/mol. The van der Waals surface area contributed by atoms with Gasteiger partial charge in [-0.05, 0) is 28.8 Å². The Hall–Kier alpha value is -1.71. The van der Waals surface area contributed by atoms with Crippen molar-refractivity contribution in [2.24, 2.45) is 0 Å². The third kappa shape index (κ3) is 1.73. The quantitative estimate of drug-likeness (QED) is 0.753. The Morgan fingerprint density at radius 3 is 2.82 bits per heavy atom. The van der Waals surface area contributed by atoms with Gasteiger partial charge >= 0.3 is 0 Å². The van der Waals surface area contributed by atoms with Gasteiger partial charge in [-0.25, -0.2) is 4.39 Å². The molecule has 1 aliphatic rings. The number of fused-ring (bicyclic) bond motifs is 3. The second kappa shape index (κ2) is 3.95. The van der Waals surface area contributed by atoms with Crippen molar-refractivity contribution in [3.63, 3.8) is 0 Å². The minimum atomic E-state index is -1.00. The highest BCUT2D eigenvalue weighted by Crippen LogP contribution is 2.35. The van der Waals surface area contributed by atoms with Gasteiger partial charge in [0.1, 0.15) is 5.82 Å². The molecule has 2 nitrogen and oxygen atoms in total. The molecule has 1 N–H and O–H groups in total. The van der Waals surface area contributed by atoms with Gasteiger partial charge in [0, 0.05) is 5.56 Å². The van der Waals surface area contributed by atoms with Gasteiger partial charge < -0.3 is 9.84 Å². The molecule has 0 spiro atoms. The van der Waals surface area contributed by atoms with Crippen LogP contribution < -0.4 is 0 Å². The molecule has 0 bridgehead atoms. The van der Waals surface area contributed by atoms with Gasteiger partial charge in [-0.15, -0.1) is 0 Å². The van der Waals surface area contributed by atoms with Gasteiger partial charge in [-0.3, -0.25) is 0 Å². The topological polar surface area (TPSA) is 29.5 Å². The number of rotatable bonds is 0. The molecular weight excluding hydrogens is 219 g/mol. The summed E-state index contributed by atoms with van der Waals surface area (Å²) in [6.07, 6.45) is -1.00. The number of hydrogen-bond acceptors (Lipinski definition) is 2. The van der Waals surface area contributed by atoms with Crippen LogP contribution in [0.2, 0.25) is 0 Å². The average Bonchev–Trinajstić information content (AvgIpc) is 2.48. The summed E-state index contributed by atoms with van der Waals surface area (Å²) in [4.78, 5) is 0. The lowest BCUT2D eigenvalue weighted by Crippen LogP contribution is -2.01. The molecule has 1 atom stereocenters. The molecule has 3 heteroatoms. The van der Waals surface area contributed by atoms with Gasteiger partial charge in [0.15, 0.2) is 6.29 Å². The van der Waals surface area contributed by atoms with Gasteiger partial charge in [0.2, 0.25) is 0 Å². The largest absolute Gasteiger partial charge is 0.364 e. The third-order valence-electron chi connectivity index (χ3n) is 2.99. The first kappa shape index (κ1) is 10.4. The average molecular weight is 230 g/mol. The molecule has 3 rings (SSSR count). The number of halogens is 1. The van der Waals surface area contributed by atoms with Crippen molar-refractivity contribution in [3.8, 4) is 11.1 Å². The highest BCUT2D eigenvalue weighted by Gasteiger charge is 2.20. The van der Waals surface area contributed by atoms with Crippen molar-refractivity contribution in [1.29, 1.82) is 0 Å². The van der Waals surface area contributed by atoms with Crippen molar-refractivity contribution < 1.29 is 14.2 Å². The molecule has 1 aliphatic heterocycles. The fourth-order valence-electron chi connectivity index (χ4n) is 2.14. The SMILES string of the molecule is OC1OCc2ccccc2-c2cc(F)ccc21. The maximum absolute atomic E-state index is 13.3. The van der Waals surface area contributed by atoms with Crippen LogP contribution in [0, 0.1) is 5.82 Å². The van der Waals surface area contributed by atoms with Crippen LogP contribution in [0.25, 0.3) is 11.1 Å². The van der Waals surface area contributed by atoms with Crippen LogP contribution in [-0.2, 0) is 11.3 Å². The lowest BCUT2D eigenvalue weighted by Gasteiger charge is -2.11. The van der Waals surface area contributed by atoms with Crippen molar-refractivity contribution >= 4 is 0 Å². The Morgan fingerprint density at radius 1 is 1.12 bits per heavy atom. The summed E-state index contributed by atoms with van der Waals surface area (Å²) in [5.41, 5.74) is 3.18. The van der Waals surface area contributed by atoms with Gasteiger partial charge in [0.05, 0.1) is 6.61 Å². The van der Waals surface area contributed by atoms with E-state index in [0.29, 0.717) is 17.7 Å². The van der Waals surface area contributed by atoms with Crippen molar-refractivity contribution in [2.45, 2.75) is 12.9 Å². The number of aliphatic hydroxyl groups is 1. The summed E-state index contributed by atoms with van der Waals surface area (Å²) >= 11 is 0. The Balaban J connectivity index is 2.29. The number of hydrogen-bond donors (Lipinski definition) is 1. The van der Waals surface area contributed by atoms with Crippen molar-refractivity contribution in [3.05, 3.63) is 59.4 Å². The summed E-state index contributed by atoms with van der Waals surface area (Å²) in [5.74, 6) is -0.312. The zero-order valence-electron chi connectivity index (χ0n) is 9.06. The van der Waals surface area contributed by atoms with E-state index in [0.717, 1.165) is 11.1 Å². The van der Waals surface area contributed by atoms with E-state index in [4.69, 9.17) is 4.74 Å². The van der Waals surface area contributed by atoms with Crippen molar-refractivity contribution in [2.75, 3.05) is 0 Å². The Labute approximate surface area is 98.3 Å². The molecule has 86 valence electrons. The van der Waals surface area contributed by atoms with E-state index in [1.807, 2.05) is 24.3 Å². The van der Waals surface area contributed by atoms with Crippen LogP contribution in [-0.4, -0.2) is 5.11 Å². The zero-order chi connectivity index (χ0) is 11.8. The van der Waals surface area contributed by atoms with E-state index in [1.54, 1.807) is 6.07 Å². The zero-order valence-corrected chi connectivity index (χ0v) is 9.06. The molecule has 0 amide bonds. The molecule has 0 aliphatic carbocycles. The maximum Gasteiger partial charge on any atom is 0.182 e. The van der Waals surface area contributed by atoms with Crippen LogP contribution in [0.4, 0.5) is 4.39 Å². The van der Waals surface area contributed by atoms with Crippen LogP contribution in [0.1, 0.15) is 17.4 Å². The summed E-state index contributed by atoms with van der Waals surface area (Å²) in [5, 5.41) is 9.86. The molecule has 2 aromatic carbocycles. The van der Waals surface area contributed by atoms with E-state index in [9.17, 15) is 9.50 Å². The molecule has 2 aromatic rings. The Bertz CT molecular complexity index is 566. The summed E-state index contributed by atoms with van der Waals surface area (Å²) in [7, 11) is 0. The van der Waals surface area contributed by atoms with Crippen molar-refractivity contribution in [1.82, 2.24) is 0 Å². The molecular formula is C14H11FO2. The van der Waals surface area contributed by atoms with E-state index in [1.165, 1.54) is 12.1 Å². The third-order valence-corrected chi connectivity index (χ3v) is 2.99. The molecule has 0 fully saturated rings. The monoisotopic (exact) mass is 230 g/mol. The molecule has 0 radical (unpaired) electrons. The smallest absolute Gasteiger partial charge is 0.182 e. The van der Waals surface area contributed by atoms with E-state index < -0.39 is 6.29 Å². The number of benzene rings is 2. The normalized spacial score (nSPS) is 18.1. The first-order valence-corrected chi connectivity index (χ1v) is 5.43. The minimum Gasteiger partial charge on any atom is -0.364 e. The molecule has 1 heterocycles. The first-order valence-electron chi connectivity index (χ1n) is 5.43. The lowest BCUT2D eigenvalue weighted by atomic mass is 9.96. The Kier molecular flexibility index (Phi) is 2.42. The first-order chi connectivity index (χ1) is 8.25. The van der Waals surface area contributed by atoms with E-state index >= 15 is 0 Å². The second-order valence-corrected chi connectivity index (χ2v) is 4.05. The summed E-state index contributed by atoms with van der Waals surface area (Å²) in [6.45, 7) is 0.327. The molecule has 0 saturated carbocycles. The molecule has 0 aromatic heterocycles.